The molecule has 1 atom stereocenters. The van der Waals surface area contributed by atoms with Crippen molar-refractivity contribution in [3.8, 4) is 0 Å². The Morgan fingerprint density at radius 3 is 2.36 bits per heavy atom. The molecule has 0 unspecified atom stereocenters. The van der Waals surface area contributed by atoms with E-state index < -0.39 is 18.1 Å². The Kier molecular flexibility index (Phi) is 4.46. The molecule has 1 N–H and O–H groups in total. The van der Waals surface area contributed by atoms with E-state index in [4.69, 9.17) is 11.6 Å². The number of carbonyl (C=O) groups is 1. The molecule has 0 spiro atoms. The van der Waals surface area contributed by atoms with E-state index in [0.29, 0.717) is 10.7 Å². The minimum atomic E-state index is -4.63. The second kappa shape index (κ2) is 6.00. The van der Waals surface area contributed by atoms with Crippen LogP contribution in [0.2, 0.25) is 5.02 Å². The van der Waals surface area contributed by atoms with Gasteiger partial charge in [-0.25, -0.2) is 0 Å². The maximum absolute atomic E-state index is 13.2. The Balaban J connectivity index is 2.30. The van der Waals surface area contributed by atoms with Crippen molar-refractivity contribution in [1.82, 2.24) is 15.1 Å². The number of nitrogens with zero attached hydrogens (tertiary/aromatic N) is 2. The number of alkyl halides is 3. The fraction of sp³-hybridized carbons (Fsp3) is 0.286. The van der Waals surface area contributed by atoms with Crippen molar-refractivity contribution in [2.45, 2.75) is 19.1 Å². The van der Waals surface area contributed by atoms with Crippen molar-refractivity contribution >= 4 is 17.5 Å². The van der Waals surface area contributed by atoms with Gasteiger partial charge in [0.25, 0.3) is 5.91 Å². The lowest BCUT2D eigenvalue weighted by molar-refractivity contribution is -0.155. The van der Waals surface area contributed by atoms with Crippen molar-refractivity contribution in [1.29, 1.82) is 0 Å². The largest absolute Gasteiger partial charge is 0.412 e. The molecule has 2 rings (SSSR count). The predicted molar refractivity (Wildman–Crippen MR) is 75.7 cm³/mol. The topological polar surface area (TPSA) is 46.9 Å². The van der Waals surface area contributed by atoms with Gasteiger partial charge in [-0.2, -0.15) is 18.3 Å². The molecule has 0 saturated carbocycles. The molecule has 1 aromatic carbocycles. The van der Waals surface area contributed by atoms with E-state index in [1.54, 1.807) is 14.0 Å². The molecule has 1 aromatic heterocycles. The van der Waals surface area contributed by atoms with Crippen LogP contribution in [-0.4, -0.2) is 21.9 Å². The second-order valence-corrected chi connectivity index (χ2v) is 5.24. The van der Waals surface area contributed by atoms with Gasteiger partial charge in [-0.1, -0.05) is 23.7 Å². The zero-order chi connectivity index (χ0) is 16.5. The molecule has 1 heterocycles. The van der Waals surface area contributed by atoms with E-state index >= 15 is 0 Å². The minimum Gasteiger partial charge on any atom is -0.337 e. The van der Waals surface area contributed by atoms with Crippen molar-refractivity contribution in [2.75, 3.05) is 0 Å². The highest BCUT2D eigenvalue weighted by Crippen LogP contribution is 2.33. The average Bonchev–Trinajstić information content (AvgIpc) is 2.75. The van der Waals surface area contributed by atoms with Crippen LogP contribution in [0.3, 0.4) is 0 Å². The van der Waals surface area contributed by atoms with Crippen molar-refractivity contribution in [2.24, 2.45) is 7.05 Å². The van der Waals surface area contributed by atoms with Gasteiger partial charge in [0.05, 0.1) is 11.3 Å². The Morgan fingerprint density at radius 1 is 1.32 bits per heavy atom. The molecule has 8 heteroatoms. The molecule has 1 amide bonds. The number of aryl methyl sites for hydroxylation is 2. The Bertz CT molecular complexity index is 680. The van der Waals surface area contributed by atoms with Crippen LogP contribution in [0.1, 0.15) is 27.7 Å². The first kappa shape index (κ1) is 16.4. The SMILES string of the molecule is Cc1nn(C)cc1C(=O)N[C@H](c1ccc(Cl)cc1)C(F)(F)F. The van der Waals surface area contributed by atoms with Gasteiger partial charge >= 0.3 is 6.18 Å². The van der Waals surface area contributed by atoms with Crippen LogP contribution in [0.25, 0.3) is 0 Å². The maximum Gasteiger partial charge on any atom is 0.412 e. The first-order valence-corrected chi connectivity index (χ1v) is 6.69. The number of carbonyl (C=O) groups excluding carboxylic acids is 1. The third kappa shape index (κ3) is 3.59. The molecule has 0 saturated heterocycles. The number of hydrogen-bond donors (Lipinski definition) is 1. The highest BCUT2D eigenvalue weighted by atomic mass is 35.5. The fourth-order valence-corrected chi connectivity index (χ4v) is 2.17. The van der Waals surface area contributed by atoms with Crippen molar-refractivity contribution in [3.05, 3.63) is 52.3 Å². The predicted octanol–water partition coefficient (Wildman–Crippen LogP) is 3.42. The minimum absolute atomic E-state index is 0.0909. The Labute approximate surface area is 129 Å². The highest BCUT2D eigenvalue weighted by molar-refractivity contribution is 6.30. The summed E-state index contributed by atoms with van der Waals surface area (Å²) in [6.45, 7) is 1.56. The lowest BCUT2D eigenvalue weighted by atomic mass is 10.1. The lowest BCUT2D eigenvalue weighted by Gasteiger charge is -2.22. The van der Waals surface area contributed by atoms with Crippen molar-refractivity contribution in [3.63, 3.8) is 0 Å². The molecular formula is C14H13ClF3N3O. The van der Waals surface area contributed by atoms with Crippen LogP contribution in [0, 0.1) is 6.92 Å². The summed E-state index contributed by atoms with van der Waals surface area (Å²) in [5.74, 6) is -0.831. The maximum atomic E-state index is 13.2. The molecule has 0 radical (unpaired) electrons. The Hall–Kier alpha value is -2.02. The van der Waals surface area contributed by atoms with Gasteiger partial charge in [-0.05, 0) is 24.6 Å². The fourth-order valence-electron chi connectivity index (χ4n) is 2.04. The molecule has 0 fully saturated rings. The van der Waals surface area contributed by atoms with Gasteiger partial charge in [0.15, 0.2) is 6.04 Å². The molecule has 22 heavy (non-hydrogen) atoms. The van der Waals surface area contributed by atoms with Gasteiger partial charge in [-0.3, -0.25) is 9.48 Å². The highest BCUT2D eigenvalue weighted by Gasteiger charge is 2.42. The van der Waals surface area contributed by atoms with Crippen LogP contribution in [0.15, 0.2) is 30.5 Å². The molecule has 0 aliphatic heterocycles. The van der Waals surface area contributed by atoms with Gasteiger partial charge in [-0.15, -0.1) is 0 Å². The monoisotopic (exact) mass is 331 g/mol. The molecule has 4 nitrogen and oxygen atoms in total. The number of nitrogens with one attached hydrogen (secondary N) is 1. The van der Waals surface area contributed by atoms with E-state index in [1.165, 1.54) is 35.1 Å². The van der Waals surface area contributed by atoms with E-state index in [0.717, 1.165) is 0 Å². The summed E-state index contributed by atoms with van der Waals surface area (Å²) in [5, 5.41) is 6.26. The van der Waals surface area contributed by atoms with Gasteiger partial charge in [0.1, 0.15) is 0 Å². The van der Waals surface area contributed by atoms with Gasteiger partial charge in [0, 0.05) is 18.3 Å². The van der Waals surface area contributed by atoms with Crippen LogP contribution < -0.4 is 5.32 Å². The second-order valence-electron chi connectivity index (χ2n) is 4.80. The zero-order valence-electron chi connectivity index (χ0n) is 11.8. The summed E-state index contributed by atoms with van der Waals surface area (Å²) < 4.78 is 41.0. The Morgan fingerprint density at radius 2 is 1.91 bits per heavy atom. The summed E-state index contributed by atoms with van der Waals surface area (Å²) in [6.07, 6.45) is -3.25. The third-order valence-corrected chi connectivity index (χ3v) is 3.32. The van der Waals surface area contributed by atoms with Crippen LogP contribution in [0.4, 0.5) is 13.2 Å². The standard InChI is InChI=1S/C14H13ClF3N3O/c1-8-11(7-21(2)20-8)13(22)19-12(14(16,17)18)9-3-5-10(15)6-4-9/h3-7,12H,1-2H3,(H,19,22)/t12-/m1/s1. The summed E-state index contributed by atoms with van der Waals surface area (Å²) in [7, 11) is 1.59. The molecular weight excluding hydrogens is 319 g/mol. The molecule has 118 valence electrons. The number of benzene rings is 1. The normalized spacial score (nSPS) is 13.0. The number of aromatic nitrogens is 2. The first-order chi connectivity index (χ1) is 10.2. The first-order valence-electron chi connectivity index (χ1n) is 6.32. The lowest BCUT2D eigenvalue weighted by Crippen LogP contribution is -2.38. The number of hydrogen-bond acceptors (Lipinski definition) is 2. The van der Waals surface area contributed by atoms with E-state index in [2.05, 4.69) is 5.10 Å². The van der Waals surface area contributed by atoms with E-state index in [1.807, 2.05) is 5.32 Å². The number of halogens is 4. The summed E-state index contributed by atoms with van der Waals surface area (Å²) in [6, 6.07) is 3.04. The van der Waals surface area contributed by atoms with Gasteiger partial charge in [0.2, 0.25) is 0 Å². The molecule has 0 aliphatic carbocycles. The van der Waals surface area contributed by atoms with Crippen molar-refractivity contribution < 1.29 is 18.0 Å². The smallest absolute Gasteiger partial charge is 0.337 e. The third-order valence-electron chi connectivity index (χ3n) is 3.06. The molecule has 2 aromatic rings. The summed E-state index contributed by atoms with van der Waals surface area (Å²) in [5.41, 5.74) is 0.370. The molecule has 0 bridgehead atoms. The summed E-state index contributed by atoms with van der Waals surface area (Å²) in [4.78, 5) is 12.1. The zero-order valence-corrected chi connectivity index (χ0v) is 12.5. The van der Waals surface area contributed by atoms with E-state index in [-0.39, 0.29) is 11.1 Å². The van der Waals surface area contributed by atoms with Crippen LogP contribution in [-0.2, 0) is 7.05 Å². The quantitative estimate of drug-likeness (QED) is 0.936. The van der Waals surface area contributed by atoms with Crippen LogP contribution >= 0.6 is 11.6 Å². The summed E-state index contributed by atoms with van der Waals surface area (Å²) >= 11 is 5.68. The number of rotatable bonds is 3. The average molecular weight is 332 g/mol. The van der Waals surface area contributed by atoms with Gasteiger partial charge < -0.3 is 5.32 Å². The van der Waals surface area contributed by atoms with E-state index in [9.17, 15) is 18.0 Å². The molecule has 0 aliphatic rings. The van der Waals surface area contributed by atoms with Crippen LogP contribution in [0.5, 0.6) is 0 Å². The number of amides is 1.